The molecule has 3 aromatic rings. The number of carbonyl (C=O) groups is 2. The smallest absolute Gasteiger partial charge is 0.244 e. The van der Waals surface area contributed by atoms with Gasteiger partial charge >= 0.3 is 0 Å². The Morgan fingerprint density at radius 2 is 1.73 bits per heavy atom. The van der Waals surface area contributed by atoms with E-state index in [9.17, 15) is 14.0 Å². The number of anilines is 1. The minimum absolute atomic E-state index is 0.128. The fourth-order valence-electron chi connectivity index (χ4n) is 2.88. The largest absolute Gasteiger partial charge is 0.497 e. The molecule has 2 N–H and O–H groups in total. The molecule has 0 saturated carbocycles. The van der Waals surface area contributed by atoms with Crippen molar-refractivity contribution in [3.8, 4) is 11.5 Å². The number of nitrogens with one attached hydrogen (secondary N) is 2. The highest BCUT2D eigenvalue weighted by atomic mass is 19.1. The van der Waals surface area contributed by atoms with Gasteiger partial charge in [-0.2, -0.15) is 0 Å². The summed E-state index contributed by atoms with van der Waals surface area (Å²) >= 11 is 0. The fraction of sp³-hybridized carbons (Fsp3) is 0.154. The number of methoxy groups -OCH3 is 1. The van der Waals surface area contributed by atoms with Crippen LogP contribution in [0.1, 0.15) is 17.5 Å². The van der Waals surface area contributed by atoms with Gasteiger partial charge in [0, 0.05) is 30.8 Å². The molecule has 0 heterocycles. The predicted molar refractivity (Wildman–Crippen MR) is 125 cm³/mol. The van der Waals surface area contributed by atoms with E-state index in [1.54, 1.807) is 49.6 Å². The van der Waals surface area contributed by atoms with Gasteiger partial charge in [-0.25, -0.2) is 4.39 Å². The highest BCUT2D eigenvalue weighted by molar-refractivity contribution is 5.93. The van der Waals surface area contributed by atoms with Gasteiger partial charge in [-0.15, -0.1) is 0 Å². The van der Waals surface area contributed by atoms with Crippen molar-refractivity contribution in [2.75, 3.05) is 19.0 Å². The number of amides is 2. The number of carbonyl (C=O) groups excluding carboxylic acids is 2. The van der Waals surface area contributed by atoms with Gasteiger partial charge < -0.3 is 20.1 Å². The number of hydrogen-bond acceptors (Lipinski definition) is 4. The molecule has 3 aromatic carbocycles. The predicted octanol–water partition coefficient (Wildman–Crippen LogP) is 4.57. The van der Waals surface area contributed by atoms with Gasteiger partial charge in [0.25, 0.3) is 0 Å². The third-order valence-electron chi connectivity index (χ3n) is 4.63. The SMILES string of the molecule is COc1ccc(/C=C/C(=O)NCCC(=O)Nc2cccc(OCc3ccc(F)cc3)c2)cc1. The summed E-state index contributed by atoms with van der Waals surface area (Å²) in [5.41, 5.74) is 2.29. The van der Waals surface area contributed by atoms with Gasteiger partial charge in [-0.1, -0.05) is 30.3 Å². The molecular formula is C26H25FN2O4. The lowest BCUT2D eigenvalue weighted by Crippen LogP contribution is -2.26. The molecular weight excluding hydrogens is 423 g/mol. The van der Waals surface area contributed by atoms with E-state index in [1.807, 2.05) is 24.3 Å². The molecule has 33 heavy (non-hydrogen) atoms. The van der Waals surface area contributed by atoms with E-state index in [0.29, 0.717) is 11.4 Å². The van der Waals surface area contributed by atoms with Crippen molar-refractivity contribution in [3.05, 3.63) is 95.8 Å². The summed E-state index contributed by atoms with van der Waals surface area (Å²) in [5, 5.41) is 5.46. The van der Waals surface area contributed by atoms with Gasteiger partial charge in [0.2, 0.25) is 11.8 Å². The second-order valence-electron chi connectivity index (χ2n) is 7.14. The third kappa shape index (κ3) is 8.14. The summed E-state index contributed by atoms with van der Waals surface area (Å²) in [5.74, 6) is 0.509. The molecule has 170 valence electrons. The maximum atomic E-state index is 13.0. The fourth-order valence-corrected chi connectivity index (χ4v) is 2.88. The first-order chi connectivity index (χ1) is 16.0. The highest BCUT2D eigenvalue weighted by Crippen LogP contribution is 2.19. The van der Waals surface area contributed by atoms with Crippen LogP contribution in [-0.4, -0.2) is 25.5 Å². The van der Waals surface area contributed by atoms with Crippen LogP contribution in [0.4, 0.5) is 10.1 Å². The van der Waals surface area contributed by atoms with Crippen molar-refractivity contribution >= 4 is 23.6 Å². The van der Waals surface area contributed by atoms with Crippen LogP contribution < -0.4 is 20.1 Å². The summed E-state index contributed by atoms with van der Waals surface area (Å²) in [4.78, 5) is 24.1. The lowest BCUT2D eigenvalue weighted by molar-refractivity contribution is -0.117. The van der Waals surface area contributed by atoms with Crippen LogP contribution in [0.25, 0.3) is 6.08 Å². The van der Waals surface area contributed by atoms with E-state index in [-0.39, 0.29) is 37.2 Å². The molecule has 0 unspecified atom stereocenters. The third-order valence-corrected chi connectivity index (χ3v) is 4.63. The number of ether oxygens (including phenoxy) is 2. The van der Waals surface area contributed by atoms with Gasteiger partial charge in [0.15, 0.2) is 0 Å². The molecule has 0 atom stereocenters. The Labute approximate surface area is 192 Å². The maximum Gasteiger partial charge on any atom is 0.244 e. The first kappa shape index (κ1) is 23.5. The van der Waals surface area contributed by atoms with Crippen LogP contribution in [0, 0.1) is 5.82 Å². The number of benzene rings is 3. The van der Waals surface area contributed by atoms with E-state index in [4.69, 9.17) is 9.47 Å². The zero-order valence-electron chi connectivity index (χ0n) is 18.2. The second-order valence-corrected chi connectivity index (χ2v) is 7.14. The Balaban J connectivity index is 1.40. The maximum absolute atomic E-state index is 13.0. The molecule has 2 amide bonds. The summed E-state index contributed by atoms with van der Waals surface area (Å²) in [6, 6.07) is 20.4. The quantitative estimate of drug-likeness (QED) is 0.446. The molecule has 0 bridgehead atoms. The normalized spacial score (nSPS) is 10.6. The Bertz CT molecular complexity index is 1100. The Kier molecular flexibility index (Phi) is 8.59. The second kappa shape index (κ2) is 12.0. The van der Waals surface area contributed by atoms with Crippen LogP contribution in [-0.2, 0) is 16.2 Å². The average molecular weight is 448 g/mol. The number of halogens is 1. The zero-order valence-corrected chi connectivity index (χ0v) is 18.2. The molecule has 0 saturated heterocycles. The van der Waals surface area contributed by atoms with Crippen LogP contribution in [0.3, 0.4) is 0 Å². The van der Waals surface area contributed by atoms with Crippen molar-refractivity contribution in [3.63, 3.8) is 0 Å². The molecule has 0 radical (unpaired) electrons. The van der Waals surface area contributed by atoms with Crippen molar-refractivity contribution in [1.29, 1.82) is 0 Å². The Morgan fingerprint density at radius 1 is 0.970 bits per heavy atom. The Morgan fingerprint density at radius 3 is 2.45 bits per heavy atom. The molecule has 0 aromatic heterocycles. The molecule has 0 fully saturated rings. The Hall–Kier alpha value is -4.13. The van der Waals surface area contributed by atoms with E-state index in [1.165, 1.54) is 18.2 Å². The van der Waals surface area contributed by atoms with Crippen LogP contribution in [0.15, 0.2) is 78.9 Å². The molecule has 0 spiro atoms. The van der Waals surface area contributed by atoms with Crippen LogP contribution in [0.2, 0.25) is 0 Å². The minimum atomic E-state index is -0.298. The first-order valence-corrected chi connectivity index (χ1v) is 10.4. The van der Waals surface area contributed by atoms with Crippen molar-refractivity contribution in [2.45, 2.75) is 13.0 Å². The molecule has 3 rings (SSSR count). The van der Waals surface area contributed by atoms with E-state index in [0.717, 1.165) is 16.9 Å². The van der Waals surface area contributed by atoms with E-state index >= 15 is 0 Å². The van der Waals surface area contributed by atoms with Gasteiger partial charge in [0.1, 0.15) is 23.9 Å². The summed E-state index contributed by atoms with van der Waals surface area (Å²) in [7, 11) is 1.59. The summed E-state index contributed by atoms with van der Waals surface area (Å²) in [6.07, 6.45) is 3.23. The number of rotatable bonds is 10. The molecule has 7 heteroatoms. The lowest BCUT2D eigenvalue weighted by atomic mass is 10.2. The number of hydrogen-bond donors (Lipinski definition) is 2. The van der Waals surface area contributed by atoms with Gasteiger partial charge in [0.05, 0.1) is 7.11 Å². The molecule has 6 nitrogen and oxygen atoms in total. The lowest BCUT2D eigenvalue weighted by Gasteiger charge is -2.09. The van der Waals surface area contributed by atoms with E-state index in [2.05, 4.69) is 10.6 Å². The minimum Gasteiger partial charge on any atom is -0.497 e. The van der Waals surface area contributed by atoms with Crippen molar-refractivity contribution in [1.82, 2.24) is 5.32 Å². The van der Waals surface area contributed by atoms with Crippen molar-refractivity contribution < 1.29 is 23.5 Å². The topological polar surface area (TPSA) is 76.7 Å². The van der Waals surface area contributed by atoms with Gasteiger partial charge in [-0.05, 0) is 53.6 Å². The monoisotopic (exact) mass is 448 g/mol. The van der Waals surface area contributed by atoms with Gasteiger partial charge in [-0.3, -0.25) is 9.59 Å². The first-order valence-electron chi connectivity index (χ1n) is 10.4. The van der Waals surface area contributed by atoms with E-state index < -0.39 is 0 Å². The summed E-state index contributed by atoms with van der Waals surface area (Å²) < 4.78 is 23.8. The highest BCUT2D eigenvalue weighted by Gasteiger charge is 2.05. The molecule has 0 aliphatic rings. The van der Waals surface area contributed by atoms with Crippen LogP contribution in [0.5, 0.6) is 11.5 Å². The molecule has 0 aliphatic carbocycles. The zero-order chi connectivity index (χ0) is 23.5. The standard InChI is InChI=1S/C26H25FN2O4/c1-32-23-12-7-19(8-13-23)9-14-25(30)28-16-15-26(31)29-22-3-2-4-24(17-22)33-18-20-5-10-21(27)11-6-20/h2-14,17H,15-16,18H2,1H3,(H,28,30)(H,29,31)/b14-9+. The summed E-state index contributed by atoms with van der Waals surface area (Å²) in [6.45, 7) is 0.492. The van der Waals surface area contributed by atoms with Crippen molar-refractivity contribution in [2.24, 2.45) is 0 Å². The average Bonchev–Trinajstić information content (AvgIpc) is 2.83. The van der Waals surface area contributed by atoms with Crippen LogP contribution >= 0.6 is 0 Å². The molecule has 0 aliphatic heterocycles.